The number of carboxylic acid groups (broad SMARTS) is 2. The normalized spacial score (nSPS) is 12.5. The fraction of sp³-hybridized carbons (Fsp3) is 0.444. The molecule has 0 saturated heterocycles. The molecule has 10 nitrogen and oxygen atoms in total. The zero-order valence-corrected chi connectivity index (χ0v) is 17.8. The molecule has 0 bridgehead atoms. The molecule has 12 heteroatoms. The molecule has 30 heavy (non-hydrogen) atoms. The van der Waals surface area contributed by atoms with Crippen LogP contribution in [0.1, 0.15) is 26.2 Å². The van der Waals surface area contributed by atoms with Crippen molar-refractivity contribution in [3.05, 3.63) is 28.2 Å². The molecule has 1 aromatic carbocycles. The van der Waals surface area contributed by atoms with Crippen LogP contribution in [0.2, 0.25) is 10.0 Å². The molecule has 0 unspecified atom stereocenters. The number of carboxylic acids is 2. The van der Waals surface area contributed by atoms with Gasteiger partial charge in [0.25, 0.3) is 0 Å². The number of guanidine groups is 1. The molecule has 0 atom stereocenters. The SMILES string of the molecule is CCOC(=O)CCCCON1CCN=C1Nc1c(Cl)cccc1Cl.O=C(O)C(=O)O. The van der Waals surface area contributed by atoms with Crippen LogP contribution in [0.25, 0.3) is 0 Å². The number of hydroxylamine groups is 2. The summed E-state index contributed by atoms with van der Waals surface area (Å²) in [5, 5.41) is 20.6. The van der Waals surface area contributed by atoms with E-state index in [0.717, 1.165) is 12.8 Å². The monoisotopic (exact) mass is 463 g/mol. The van der Waals surface area contributed by atoms with Crippen LogP contribution in [0, 0.1) is 0 Å². The first-order valence-electron chi connectivity index (χ1n) is 9.04. The van der Waals surface area contributed by atoms with Crippen molar-refractivity contribution in [3.63, 3.8) is 0 Å². The molecular formula is C18H23Cl2N3O7. The van der Waals surface area contributed by atoms with Crippen molar-refractivity contribution in [2.45, 2.75) is 26.2 Å². The highest BCUT2D eigenvalue weighted by atomic mass is 35.5. The number of aliphatic carboxylic acids is 2. The Kier molecular flexibility index (Phi) is 11.6. The van der Waals surface area contributed by atoms with Crippen molar-refractivity contribution in [3.8, 4) is 0 Å². The number of anilines is 1. The second kappa shape index (κ2) is 13.6. The first-order valence-corrected chi connectivity index (χ1v) is 9.79. The largest absolute Gasteiger partial charge is 0.473 e. The van der Waals surface area contributed by atoms with E-state index >= 15 is 0 Å². The Labute approximate surface area is 183 Å². The minimum absolute atomic E-state index is 0.170. The zero-order valence-electron chi connectivity index (χ0n) is 16.3. The van der Waals surface area contributed by atoms with Gasteiger partial charge in [-0.1, -0.05) is 29.3 Å². The highest BCUT2D eigenvalue weighted by Gasteiger charge is 2.20. The third-order valence-electron chi connectivity index (χ3n) is 3.51. The summed E-state index contributed by atoms with van der Waals surface area (Å²) in [6, 6.07) is 5.29. The first kappa shape index (κ1) is 25.5. The smallest absolute Gasteiger partial charge is 0.414 e. The van der Waals surface area contributed by atoms with Gasteiger partial charge in [-0.15, -0.1) is 0 Å². The second-order valence-corrected chi connectivity index (χ2v) is 6.55. The predicted octanol–water partition coefficient (Wildman–Crippen LogP) is 2.90. The maximum atomic E-state index is 11.3. The fourth-order valence-electron chi connectivity index (χ4n) is 2.17. The molecule has 1 aromatic rings. The molecule has 166 valence electrons. The number of nitrogens with zero attached hydrogens (tertiary/aromatic N) is 2. The number of aliphatic imine (C=N–C) groups is 1. The summed E-state index contributed by atoms with van der Waals surface area (Å²) < 4.78 is 4.88. The van der Waals surface area contributed by atoms with E-state index in [2.05, 4.69) is 10.3 Å². The average Bonchev–Trinajstić information content (AvgIpc) is 3.12. The Morgan fingerprint density at radius 2 is 1.80 bits per heavy atom. The molecule has 3 N–H and O–H groups in total. The van der Waals surface area contributed by atoms with Gasteiger partial charge < -0.3 is 20.3 Å². The summed E-state index contributed by atoms with van der Waals surface area (Å²) in [4.78, 5) is 39.5. The Hall–Kier alpha value is -2.56. The van der Waals surface area contributed by atoms with E-state index in [0.29, 0.717) is 54.4 Å². The molecule has 2 rings (SSSR count). The van der Waals surface area contributed by atoms with E-state index in [-0.39, 0.29) is 5.97 Å². The second-order valence-electron chi connectivity index (χ2n) is 5.73. The zero-order chi connectivity index (χ0) is 22.5. The molecule has 0 amide bonds. The Morgan fingerprint density at radius 3 is 2.37 bits per heavy atom. The molecule has 1 aliphatic heterocycles. The lowest BCUT2D eigenvalue weighted by Gasteiger charge is -2.21. The van der Waals surface area contributed by atoms with E-state index in [1.54, 1.807) is 30.2 Å². The van der Waals surface area contributed by atoms with Crippen LogP contribution in [-0.4, -0.2) is 65.4 Å². The van der Waals surface area contributed by atoms with Crippen LogP contribution in [0.15, 0.2) is 23.2 Å². The Balaban J connectivity index is 0.000000656. The van der Waals surface area contributed by atoms with Gasteiger partial charge in [-0.2, -0.15) is 0 Å². The highest BCUT2D eigenvalue weighted by Crippen LogP contribution is 2.30. The highest BCUT2D eigenvalue weighted by molar-refractivity contribution is 6.39. The summed E-state index contributed by atoms with van der Waals surface area (Å²) in [7, 11) is 0. The van der Waals surface area contributed by atoms with Gasteiger partial charge >= 0.3 is 17.9 Å². The number of hydrogen-bond donors (Lipinski definition) is 3. The number of esters is 1. The summed E-state index contributed by atoms with van der Waals surface area (Å²) in [5.41, 5.74) is 0.609. The summed E-state index contributed by atoms with van der Waals surface area (Å²) in [5.74, 6) is -3.24. The maximum absolute atomic E-state index is 11.3. The first-order chi connectivity index (χ1) is 14.3. The number of unbranched alkanes of at least 4 members (excludes halogenated alkanes) is 1. The number of halogens is 2. The minimum Gasteiger partial charge on any atom is -0.473 e. The lowest BCUT2D eigenvalue weighted by Crippen LogP contribution is -2.33. The maximum Gasteiger partial charge on any atom is 0.414 e. The van der Waals surface area contributed by atoms with Crippen molar-refractivity contribution in [1.29, 1.82) is 0 Å². The van der Waals surface area contributed by atoms with E-state index in [1.807, 2.05) is 0 Å². The van der Waals surface area contributed by atoms with E-state index < -0.39 is 11.9 Å². The third-order valence-corrected chi connectivity index (χ3v) is 4.14. The topological polar surface area (TPSA) is 138 Å². The number of benzene rings is 1. The van der Waals surface area contributed by atoms with Gasteiger partial charge in [0, 0.05) is 6.42 Å². The number of hydrogen-bond acceptors (Lipinski definition) is 8. The minimum atomic E-state index is -1.82. The lowest BCUT2D eigenvalue weighted by atomic mass is 10.2. The predicted molar refractivity (Wildman–Crippen MR) is 111 cm³/mol. The van der Waals surface area contributed by atoms with Crippen molar-refractivity contribution in [2.75, 3.05) is 31.6 Å². The van der Waals surface area contributed by atoms with Crippen molar-refractivity contribution in [1.82, 2.24) is 5.06 Å². The Morgan fingerprint density at radius 1 is 1.17 bits per heavy atom. The number of carbonyl (C=O) groups is 3. The lowest BCUT2D eigenvalue weighted by molar-refractivity contribution is -0.159. The van der Waals surface area contributed by atoms with Crippen LogP contribution >= 0.6 is 23.2 Å². The van der Waals surface area contributed by atoms with Crippen LogP contribution in [0.4, 0.5) is 5.69 Å². The quantitative estimate of drug-likeness (QED) is 0.301. The summed E-state index contributed by atoms with van der Waals surface area (Å²) in [6.45, 7) is 4.00. The van der Waals surface area contributed by atoms with Crippen molar-refractivity contribution >= 4 is 52.8 Å². The molecular weight excluding hydrogens is 441 g/mol. The third kappa shape index (κ3) is 9.29. The van der Waals surface area contributed by atoms with Crippen LogP contribution in [0.5, 0.6) is 0 Å². The van der Waals surface area contributed by atoms with Gasteiger partial charge in [0.15, 0.2) is 0 Å². The van der Waals surface area contributed by atoms with Gasteiger partial charge in [0.2, 0.25) is 5.96 Å². The fourth-order valence-corrected chi connectivity index (χ4v) is 2.66. The van der Waals surface area contributed by atoms with Gasteiger partial charge in [-0.25, -0.2) is 19.6 Å². The van der Waals surface area contributed by atoms with Crippen LogP contribution in [-0.2, 0) is 24.0 Å². The van der Waals surface area contributed by atoms with Gasteiger partial charge in [0.1, 0.15) is 0 Å². The molecule has 1 heterocycles. The molecule has 0 saturated carbocycles. The standard InChI is InChI=1S/C16H21Cl2N3O3.C2H2O4/c1-2-23-14(22)8-3-4-11-24-21-10-9-19-16(21)20-15-12(17)6-5-7-13(15)18;3-1(4)2(5)6/h5-7H,2-4,8-11H2,1H3,(H,19,20);(H,3,4)(H,5,6). The van der Waals surface area contributed by atoms with E-state index in [4.69, 9.17) is 52.6 Å². The number of ether oxygens (including phenoxy) is 1. The number of nitrogens with one attached hydrogen (secondary N) is 1. The molecule has 0 fully saturated rings. The Bertz CT molecular complexity index is 742. The summed E-state index contributed by atoms with van der Waals surface area (Å²) >= 11 is 12.3. The summed E-state index contributed by atoms with van der Waals surface area (Å²) in [6.07, 6.45) is 1.89. The molecule has 0 spiro atoms. The molecule has 0 radical (unpaired) electrons. The van der Waals surface area contributed by atoms with Gasteiger partial charge in [-0.05, 0) is 31.9 Å². The van der Waals surface area contributed by atoms with Crippen LogP contribution < -0.4 is 5.32 Å². The van der Waals surface area contributed by atoms with Crippen molar-refractivity contribution < 1.29 is 34.2 Å². The molecule has 0 aliphatic carbocycles. The van der Waals surface area contributed by atoms with E-state index in [9.17, 15) is 4.79 Å². The van der Waals surface area contributed by atoms with Crippen LogP contribution in [0.3, 0.4) is 0 Å². The number of carbonyl (C=O) groups excluding carboxylic acids is 1. The number of para-hydroxylation sites is 1. The van der Waals surface area contributed by atoms with Gasteiger partial charge in [-0.3, -0.25) is 9.63 Å². The van der Waals surface area contributed by atoms with Crippen molar-refractivity contribution in [2.24, 2.45) is 4.99 Å². The molecule has 0 aromatic heterocycles. The average molecular weight is 464 g/mol. The number of rotatable bonds is 8. The van der Waals surface area contributed by atoms with Gasteiger partial charge in [0.05, 0.1) is 42.0 Å². The van der Waals surface area contributed by atoms with E-state index in [1.165, 1.54) is 0 Å². The molecule has 1 aliphatic rings.